The van der Waals surface area contributed by atoms with Crippen molar-refractivity contribution in [1.82, 2.24) is 15.6 Å². The lowest BCUT2D eigenvalue weighted by molar-refractivity contribution is -0.120. The van der Waals surface area contributed by atoms with E-state index in [0.717, 1.165) is 12.0 Å². The van der Waals surface area contributed by atoms with E-state index in [4.69, 9.17) is 4.42 Å². The highest BCUT2D eigenvalue weighted by Gasteiger charge is 2.21. The quantitative estimate of drug-likeness (QED) is 0.669. The van der Waals surface area contributed by atoms with Gasteiger partial charge in [0.2, 0.25) is 5.91 Å². The molecule has 0 saturated heterocycles. The predicted octanol–water partition coefficient (Wildman–Crippen LogP) is 3.33. The molecule has 0 spiro atoms. The van der Waals surface area contributed by atoms with Crippen molar-refractivity contribution in [2.24, 2.45) is 0 Å². The molecule has 0 radical (unpaired) electrons. The molecule has 0 atom stereocenters. The Bertz CT molecular complexity index is 873. The summed E-state index contributed by atoms with van der Waals surface area (Å²) in [7, 11) is 0. The number of furan rings is 1. The van der Waals surface area contributed by atoms with Gasteiger partial charge in [-0.3, -0.25) is 9.59 Å². The first-order valence-electron chi connectivity index (χ1n) is 8.34. The molecule has 3 rings (SSSR count). The molecule has 2 N–H and O–H groups in total. The molecule has 0 aliphatic rings. The zero-order chi connectivity index (χ0) is 18.4. The lowest BCUT2D eigenvalue weighted by Gasteiger charge is -2.06. The van der Waals surface area contributed by atoms with Crippen LogP contribution in [0.1, 0.15) is 23.0 Å². The molecule has 3 aromatic rings. The van der Waals surface area contributed by atoms with Crippen molar-refractivity contribution in [2.75, 3.05) is 13.1 Å². The monoisotopic (exact) mass is 369 g/mol. The Morgan fingerprint density at radius 3 is 2.62 bits per heavy atom. The van der Waals surface area contributed by atoms with Gasteiger partial charge < -0.3 is 15.1 Å². The number of carbonyl (C=O) groups excluding carboxylic acids is 2. The number of rotatable bonds is 7. The van der Waals surface area contributed by atoms with Crippen LogP contribution in [0.25, 0.3) is 22.0 Å². The second kappa shape index (κ2) is 8.44. The molecular weight excluding hydrogens is 350 g/mol. The maximum absolute atomic E-state index is 12.6. The van der Waals surface area contributed by atoms with Crippen LogP contribution in [0.15, 0.2) is 53.1 Å². The van der Waals surface area contributed by atoms with Crippen LogP contribution in [0.2, 0.25) is 0 Å². The fourth-order valence-electron chi connectivity index (χ4n) is 2.34. The number of hydrogen-bond donors (Lipinski definition) is 2. The number of aromatic nitrogens is 1. The SMILES string of the molecule is CCCNC(=O)CNC(=O)c1sc(-c2ccco2)nc1-c1ccccc1. The first-order valence-corrected chi connectivity index (χ1v) is 9.15. The molecule has 6 nitrogen and oxygen atoms in total. The number of hydrogen-bond acceptors (Lipinski definition) is 5. The summed E-state index contributed by atoms with van der Waals surface area (Å²) < 4.78 is 5.40. The second-order valence-corrected chi connectivity index (χ2v) is 6.57. The topological polar surface area (TPSA) is 84.2 Å². The van der Waals surface area contributed by atoms with E-state index in [1.807, 2.05) is 37.3 Å². The number of carbonyl (C=O) groups is 2. The van der Waals surface area contributed by atoms with Crippen molar-refractivity contribution < 1.29 is 14.0 Å². The molecule has 0 saturated carbocycles. The van der Waals surface area contributed by atoms with Crippen molar-refractivity contribution in [3.63, 3.8) is 0 Å². The summed E-state index contributed by atoms with van der Waals surface area (Å²) in [5.41, 5.74) is 1.41. The summed E-state index contributed by atoms with van der Waals surface area (Å²) in [4.78, 5) is 29.4. The fraction of sp³-hybridized carbons (Fsp3) is 0.211. The standard InChI is InChI=1S/C19H19N3O3S/c1-2-10-20-15(23)12-21-18(24)17-16(13-7-4-3-5-8-13)22-19(26-17)14-9-6-11-25-14/h3-9,11H,2,10,12H2,1H3,(H,20,23)(H,21,24). The second-order valence-electron chi connectivity index (χ2n) is 5.57. The van der Waals surface area contributed by atoms with Gasteiger partial charge in [-0.25, -0.2) is 4.98 Å². The highest BCUT2D eigenvalue weighted by Crippen LogP contribution is 2.33. The lowest BCUT2D eigenvalue weighted by Crippen LogP contribution is -2.37. The van der Waals surface area contributed by atoms with E-state index in [0.29, 0.717) is 27.9 Å². The molecule has 0 aliphatic carbocycles. The lowest BCUT2D eigenvalue weighted by atomic mass is 10.1. The van der Waals surface area contributed by atoms with Crippen LogP contribution < -0.4 is 10.6 Å². The molecule has 0 fully saturated rings. The van der Waals surface area contributed by atoms with Gasteiger partial charge in [0.1, 0.15) is 4.88 Å². The van der Waals surface area contributed by atoms with Gasteiger partial charge in [0.15, 0.2) is 10.8 Å². The molecule has 0 aliphatic heterocycles. The minimum atomic E-state index is -0.328. The summed E-state index contributed by atoms with van der Waals surface area (Å²) in [6.45, 7) is 2.49. The number of nitrogens with zero attached hydrogens (tertiary/aromatic N) is 1. The van der Waals surface area contributed by atoms with Crippen molar-refractivity contribution in [3.8, 4) is 22.0 Å². The van der Waals surface area contributed by atoms with Crippen LogP contribution in [0, 0.1) is 0 Å². The Morgan fingerprint density at radius 1 is 1.12 bits per heavy atom. The Labute approximate surface area is 155 Å². The Hall–Kier alpha value is -2.93. The largest absolute Gasteiger partial charge is 0.462 e. The maximum Gasteiger partial charge on any atom is 0.264 e. The molecular formula is C19H19N3O3S. The van der Waals surface area contributed by atoms with Gasteiger partial charge in [0, 0.05) is 12.1 Å². The zero-order valence-corrected chi connectivity index (χ0v) is 15.1. The number of benzene rings is 1. The third-order valence-corrected chi connectivity index (χ3v) is 4.66. The number of nitrogens with one attached hydrogen (secondary N) is 2. The van der Waals surface area contributed by atoms with Crippen molar-refractivity contribution >= 4 is 23.2 Å². The Morgan fingerprint density at radius 2 is 1.92 bits per heavy atom. The van der Waals surface area contributed by atoms with Gasteiger partial charge in [0.05, 0.1) is 18.5 Å². The molecule has 7 heteroatoms. The van der Waals surface area contributed by atoms with Crippen LogP contribution in [-0.4, -0.2) is 29.9 Å². The van der Waals surface area contributed by atoms with Crippen LogP contribution in [0.4, 0.5) is 0 Å². The third-order valence-electron chi connectivity index (χ3n) is 3.59. The third kappa shape index (κ3) is 4.18. The summed E-state index contributed by atoms with van der Waals surface area (Å²) in [5.74, 6) is 0.0648. The molecule has 2 amide bonds. The van der Waals surface area contributed by atoms with Gasteiger partial charge >= 0.3 is 0 Å². The van der Waals surface area contributed by atoms with E-state index in [1.165, 1.54) is 11.3 Å². The minimum Gasteiger partial charge on any atom is -0.462 e. The first-order chi connectivity index (χ1) is 12.7. The van der Waals surface area contributed by atoms with Crippen molar-refractivity contribution in [2.45, 2.75) is 13.3 Å². The summed E-state index contributed by atoms with van der Waals surface area (Å²) in [5, 5.41) is 6.02. The molecule has 0 bridgehead atoms. The smallest absolute Gasteiger partial charge is 0.264 e. The van der Waals surface area contributed by atoms with Gasteiger partial charge in [-0.1, -0.05) is 37.3 Å². The Kier molecular flexibility index (Phi) is 5.80. The minimum absolute atomic E-state index is 0.0684. The predicted molar refractivity (Wildman–Crippen MR) is 101 cm³/mol. The van der Waals surface area contributed by atoms with Crippen LogP contribution in [-0.2, 0) is 4.79 Å². The molecule has 2 heterocycles. The van der Waals surface area contributed by atoms with E-state index in [9.17, 15) is 9.59 Å². The van der Waals surface area contributed by atoms with Gasteiger partial charge in [-0.05, 0) is 18.6 Å². The van der Waals surface area contributed by atoms with Gasteiger partial charge in [-0.2, -0.15) is 0 Å². The average molecular weight is 369 g/mol. The Balaban J connectivity index is 1.85. The zero-order valence-electron chi connectivity index (χ0n) is 14.3. The number of amides is 2. The van der Waals surface area contributed by atoms with Crippen LogP contribution in [0.5, 0.6) is 0 Å². The highest BCUT2D eigenvalue weighted by atomic mass is 32.1. The molecule has 134 valence electrons. The van der Waals surface area contributed by atoms with Crippen LogP contribution >= 0.6 is 11.3 Å². The summed E-state index contributed by atoms with van der Waals surface area (Å²) in [6.07, 6.45) is 2.41. The van der Waals surface area contributed by atoms with Gasteiger partial charge in [-0.15, -0.1) is 11.3 Å². The first kappa shape index (κ1) is 17.9. The fourth-order valence-corrected chi connectivity index (χ4v) is 3.31. The normalized spacial score (nSPS) is 10.5. The molecule has 1 aromatic carbocycles. The van der Waals surface area contributed by atoms with Crippen molar-refractivity contribution in [3.05, 3.63) is 53.6 Å². The molecule has 2 aromatic heterocycles. The maximum atomic E-state index is 12.6. The average Bonchev–Trinajstić information content (AvgIpc) is 3.34. The molecule has 0 unspecified atom stereocenters. The van der Waals surface area contributed by atoms with Crippen LogP contribution in [0.3, 0.4) is 0 Å². The van der Waals surface area contributed by atoms with Crippen molar-refractivity contribution in [1.29, 1.82) is 0 Å². The van der Waals surface area contributed by atoms with E-state index < -0.39 is 0 Å². The summed E-state index contributed by atoms with van der Waals surface area (Å²) in [6, 6.07) is 13.0. The van der Waals surface area contributed by atoms with E-state index in [-0.39, 0.29) is 18.4 Å². The number of thiazole rings is 1. The molecule has 26 heavy (non-hydrogen) atoms. The van der Waals surface area contributed by atoms with E-state index >= 15 is 0 Å². The highest BCUT2D eigenvalue weighted by molar-refractivity contribution is 7.17. The van der Waals surface area contributed by atoms with E-state index in [1.54, 1.807) is 18.4 Å². The van der Waals surface area contributed by atoms with Gasteiger partial charge in [0.25, 0.3) is 5.91 Å². The summed E-state index contributed by atoms with van der Waals surface area (Å²) >= 11 is 1.24. The van der Waals surface area contributed by atoms with E-state index in [2.05, 4.69) is 15.6 Å².